The predicted octanol–water partition coefficient (Wildman–Crippen LogP) is -12.4. The first-order chi connectivity index (χ1) is 34.9. The lowest BCUT2D eigenvalue weighted by atomic mass is 9.94. The molecule has 0 saturated carbocycles. The van der Waals surface area contributed by atoms with Crippen molar-refractivity contribution in [3.05, 3.63) is 0 Å². The average Bonchev–Trinajstić information content (AvgIpc) is 3.38. The minimum Gasteiger partial charge on any atom is -0.394 e. The molecule has 0 unspecified atom stereocenters. The molecule has 22 saturated heterocycles. The average molecular weight is 1070 g/mol. The van der Waals surface area contributed by atoms with Gasteiger partial charge in [-0.15, -0.1) is 0 Å². The number of carbonyl (C=O) groups excluding carboxylic acids is 1. The third-order valence-corrected chi connectivity index (χ3v) is 13.5. The zero-order valence-corrected chi connectivity index (χ0v) is 38.9. The van der Waals surface area contributed by atoms with Crippen molar-refractivity contribution in [2.75, 3.05) is 59.5 Å². The normalized spacial score (nSPS) is 51.2. The lowest BCUT2D eigenvalue weighted by Gasteiger charge is -2.51. The van der Waals surface area contributed by atoms with Gasteiger partial charge in [0.05, 0.1) is 39.6 Å². The van der Waals surface area contributed by atoms with E-state index in [0.29, 0.717) is 0 Å². The summed E-state index contributed by atoms with van der Waals surface area (Å²) < 4.78 is 80.0. The molecule has 22 fully saturated rings. The molecule has 0 aromatic heterocycles. The second kappa shape index (κ2) is 25.9. The monoisotopic (exact) mass is 1070 g/mol. The molecule has 32 nitrogen and oxygen atoms in total. The summed E-state index contributed by atoms with van der Waals surface area (Å²) in [6, 6.07) is 0. The fourth-order valence-electron chi connectivity index (χ4n) is 9.55. The van der Waals surface area contributed by atoms with Gasteiger partial charge < -0.3 is 153 Å². The highest BCUT2D eigenvalue weighted by Crippen LogP contribution is 2.38. The van der Waals surface area contributed by atoms with Crippen LogP contribution in [0, 0.1) is 0 Å². The van der Waals surface area contributed by atoms with Gasteiger partial charge in [0.25, 0.3) is 0 Å². The zero-order valence-electron chi connectivity index (χ0n) is 38.9. The Morgan fingerprint density at radius 3 is 0.808 bits per heavy atom. The zero-order chi connectivity index (χ0) is 53.2. The van der Waals surface area contributed by atoms with Crippen LogP contribution in [-0.2, 0) is 71.1 Å². The SMILES string of the molecule is CCOCC(=O)CO[C@@H]1[C@@H](O)[C@H]2O[C@H]3[C@H](O)[C@@H](O)[C@@H](O[C@H]4[C@H](O)[C@@H](O)[C@@H](O[C@H]5[C@H](O)[C@@H](O)[C@@H](O[C@H]6[C@H](O)[C@@H](O)[C@@H](O[C@H]7[C@H](O)[C@@H](O)[C@@H](O[C@H]1[C@@H](CO)O2)O[C@@H]7CO)O[C@@H]6CO)O[C@@H]5CO)O[C@@H]4CO)O[C@@H]3CO. The van der Waals surface area contributed by atoms with Crippen molar-refractivity contribution in [2.45, 2.75) is 191 Å². The van der Waals surface area contributed by atoms with E-state index in [1.165, 1.54) is 0 Å². The van der Waals surface area contributed by atoms with Crippen molar-refractivity contribution < 1.29 is 158 Å². The lowest BCUT2D eigenvalue weighted by molar-refractivity contribution is -0.404. The van der Waals surface area contributed by atoms with Gasteiger partial charge in [-0.25, -0.2) is 0 Å². The Labute approximate surface area is 414 Å². The van der Waals surface area contributed by atoms with Gasteiger partial charge in [0, 0.05) is 6.61 Å². The summed E-state index contributed by atoms with van der Waals surface area (Å²) in [6.07, 6.45) is -58.8. The maximum atomic E-state index is 12.8. The van der Waals surface area contributed by atoms with Crippen LogP contribution in [0.15, 0.2) is 0 Å². The first kappa shape index (κ1) is 59.1. The first-order valence-electron chi connectivity index (χ1n) is 23.6. The molecule has 32 heteroatoms. The Morgan fingerprint density at radius 1 is 0.329 bits per heavy atom. The number of hydrogen-bond acceptors (Lipinski definition) is 32. The Morgan fingerprint density at radius 2 is 0.562 bits per heavy atom. The molecule has 0 radical (unpaired) electrons. The summed E-state index contributed by atoms with van der Waals surface area (Å²) in [7, 11) is 0. The highest BCUT2D eigenvalue weighted by molar-refractivity contribution is 5.80. The molecule has 22 aliphatic heterocycles. The van der Waals surface area contributed by atoms with E-state index in [4.69, 9.17) is 66.3 Å². The van der Waals surface area contributed by atoms with Crippen LogP contribution >= 0.6 is 0 Å². The number of Topliss-reactive ketones (excluding diaryl/α,β-unsaturated/α-hetero) is 1. The second-order valence-electron chi connectivity index (χ2n) is 18.3. The Balaban J connectivity index is 1.22. The van der Waals surface area contributed by atoms with E-state index in [9.17, 15) is 91.6 Å². The van der Waals surface area contributed by atoms with Crippen LogP contribution in [0.5, 0.6) is 0 Å². The summed E-state index contributed by atoms with van der Waals surface area (Å²) in [4.78, 5) is 12.8. The molecule has 17 N–H and O–H groups in total. The van der Waals surface area contributed by atoms with E-state index in [2.05, 4.69) is 0 Å². The molecule has 0 spiro atoms. The molecule has 73 heavy (non-hydrogen) atoms. The van der Waals surface area contributed by atoms with Gasteiger partial charge in [0.15, 0.2) is 43.5 Å². The fourth-order valence-corrected chi connectivity index (χ4v) is 9.55. The van der Waals surface area contributed by atoms with Crippen molar-refractivity contribution >= 4 is 5.78 Å². The Hall–Kier alpha value is -1.57. The molecule has 0 aromatic rings. The van der Waals surface area contributed by atoms with Crippen molar-refractivity contribution in [3.8, 4) is 0 Å². The minimum atomic E-state index is -2.19. The van der Waals surface area contributed by atoms with Gasteiger partial charge in [0.1, 0.15) is 160 Å². The number of rotatable bonds is 12. The quantitative estimate of drug-likeness (QED) is 0.0863. The summed E-state index contributed by atoms with van der Waals surface area (Å²) >= 11 is 0. The maximum Gasteiger partial charge on any atom is 0.187 e. The molecular formula is C41H68O32. The van der Waals surface area contributed by atoms with Crippen LogP contribution in [0.25, 0.3) is 0 Å². The number of hydrogen-bond donors (Lipinski definition) is 17. The smallest absolute Gasteiger partial charge is 0.187 e. The Kier molecular flexibility index (Phi) is 21.0. The van der Waals surface area contributed by atoms with Gasteiger partial charge in [-0.05, 0) is 6.92 Å². The third-order valence-electron chi connectivity index (χ3n) is 13.5. The van der Waals surface area contributed by atoms with Crippen LogP contribution in [0.1, 0.15) is 6.92 Å². The summed E-state index contributed by atoms with van der Waals surface area (Å²) in [5.74, 6) is -0.672. The fraction of sp³-hybridized carbons (Fsp3) is 0.976. The predicted molar refractivity (Wildman–Crippen MR) is 221 cm³/mol. The van der Waals surface area contributed by atoms with Crippen molar-refractivity contribution in [3.63, 3.8) is 0 Å². The number of ether oxygens (including phenoxy) is 14. The van der Waals surface area contributed by atoms with E-state index >= 15 is 0 Å². The van der Waals surface area contributed by atoms with Gasteiger partial charge >= 0.3 is 0 Å². The standard InChI is InChI=1S/C41H68O32/c1-2-60-9-11(48)10-61-35-28(59)41-67-17(8-47)34(35)73-40-27(58)22(53)32(15(6-45)66-40)71-38-25(56)20(51)30(13(4-43)64-38)69-36-23(54)18(49)29(12(3-42)62-36)68-37-24(55)19(50)31(14(5-44)63-37)70-39-26(57)21(52)33(72-41)16(7-46)65-39/h12-47,49-59H,2-10H2,1H3/t12-,13-,14-,15-,16-,17-,18-,19-,20-,21-,22-,23-,24-,25-,26-,27-,28-,29-,30-,31-,32-,33-,34+,35-,36-,37-,38-,39-,40-,41-/m1/s1. The van der Waals surface area contributed by atoms with Crippen LogP contribution in [0.4, 0.5) is 0 Å². The molecule has 12 bridgehead atoms. The van der Waals surface area contributed by atoms with Gasteiger partial charge in [-0.2, -0.15) is 0 Å². The van der Waals surface area contributed by atoms with E-state index in [-0.39, 0.29) is 6.61 Å². The van der Waals surface area contributed by atoms with E-state index in [1.54, 1.807) is 6.92 Å². The Bertz CT molecular complexity index is 1700. The highest BCUT2D eigenvalue weighted by Gasteiger charge is 2.59. The van der Waals surface area contributed by atoms with Gasteiger partial charge in [-0.1, -0.05) is 0 Å². The number of ketones is 1. The molecule has 22 aliphatic rings. The number of carbonyl (C=O) groups is 1. The topological polar surface area (TPSA) is 490 Å². The van der Waals surface area contributed by atoms with Gasteiger partial charge in [0.2, 0.25) is 0 Å². The van der Waals surface area contributed by atoms with Crippen LogP contribution < -0.4 is 0 Å². The third kappa shape index (κ3) is 12.3. The summed E-state index contributed by atoms with van der Waals surface area (Å²) in [6.45, 7) is -5.62. The highest BCUT2D eigenvalue weighted by atomic mass is 16.8. The number of aliphatic hydroxyl groups is 17. The lowest BCUT2D eigenvalue weighted by Crippen LogP contribution is -2.69. The molecule has 0 amide bonds. The van der Waals surface area contributed by atoms with Crippen LogP contribution in [-0.4, -0.2) is 336 Å². The molecule has 30 atom stereocenters. The molecule has 0 aliphatic carbocycles. The molecular weight excluding hydrogens is 1000 g/mol. The largest absolute Gasteiger partial charge is 0.394 e. The molecule has 22 rings (SSSR count). The molecule has 0 aromatic carbocycles. The van der Waals surface area contributed by atoms with Gasteiger partial charge in [-0.3, -0.25) is 4.79 Å². The van der Waals surface area contributed by atoms with E-state index < -0.39 is 243 Å². The van der Waals surface area contributed by atoms with Crippen molar-refractivity contribution in [2.24, 2.45) is 0 Å². The van der Waals surface area contributed by atoms with E-state index in [0.717, 1.165) is 0 Å². The summed E-state index contributed by atoms with van der Waals surface area (Å²) in [5.41, 5.74) is 0. The van der Waals surface area contributed by atoms with Crippen LogP contribution in [0.2, 0.25) is 0 Å². The van der Waals surface area contributed by atoms with E-state index in [1.807, 2.05) is 0 Å². The number of aliphatic hydroxyl groups excluding tert-OH is 17. The minimum absolute atomic E-state index is 0.128. The summed E-state index contributed by atoms with van der Waals surface area (Å²) in [5, 5.41) is 188. The molecule has 22 heterocycles. The second-order valence-corrected chi connectivity index (χ2v) is 18.3. The first-order valence-corrected chi connectivity index (χ1v) is 23.6. The van der Waals surface area contributed by atoms with Crippen LogP contribution in [0.3, 0.4) is 0 Å². The maximum absolute atomic E-state index is 12.8. The van der Waals surface area contributed by atoms with Crippen molar-refractivity contribution in [1.29, 1.82) is 0 Å². The van der Waals surface area contributed by atoms with Crippen molar-refractivity contribution in [1.82, 2.24) is 0 Å². The molecule has 424 valence electrons.